The Morgan fingerprint density at radius 1 is 1.33 bits per heavy atom. The van der Waals surface area contributed by atoms with Gasteiger partial charge in [0, 0.05) is 22.4 Å². The maximum atomic E-state index is 13.1. The van der Waals surface area contributed by atoms with Crippen LogP contribution < -0.4 is 45.7 Å². The number of oxime groups is 1. The van der Waals surface area contributed by atoms with E-state index >= 15 is 0 Å². The number of nitrogens with one attached hydrogen (secondary N) is 1. The number of phenolic OH excluding ortho intramolecular Hbond substituents is 2. The largest absolute Gasteiger partial charge is 1.00 e. The van der Waals surface area contributed by atoms with E-state index in [1.165, 1.54) is 35.3 Å². The summed E-state index contributed by atoms with van der Waals surface area (Å²) in [6, 6.07) is 2.99. The van der Waals surface area contributed by atoms with Crippen molar-refractivity contribution in [3.63, 3.8) is 0 Å². The number of thiazole rings is 1. The number of nitrogen functional groups attached to an aromatic ring is 1. The Balaban J connectivity index is 0.00000423. The first-order chi connectivity index (χ1) is 20.0. The van der Waals surface area contributed by atoms with Gasteiger partial charge in [0.1, 0.15) is 23.2 Å². The number of amides is 2. The predicted octanol–water partition coefficient (Wildman–Crippen LogP) is -2.48. The average Bonchev–Trinajstić information content (AvgIpc) is 3.60. The number of anilines is 1. The number of aromatic hydroxyl groups is 2. The minimum Gasteiger partial charge on any atom is -0.543 e. The third-order valence-electron chi connectivity index (χ3n) is 5.86. The number of phenols is 2. The second kappa shape index (κ2) is 13.6. The van der Waals surface area contributed by atoms with Crippen LogP contribution in [0.4, 0.5) is 5.13 Å². The molecule has 4 heterocycles. The van der Waals surface area contributed by atoms with Crippen LogP contribution in [0.1, 0.15) is 19.5 Å². The predicted molar refractivity (Wildman–Crippen MR) is 150 cm³/mol. The molecule has 0 saturated carbocycles. The monoisotopic (exact) mass is 655 g/mol. The Hall–Kier alpha value is -3.29. The van der Waals surface area contributed by atoms with Gasteiger partial charge in [-0.15, -0.1) is 33.3 Å². The number of carbonyl (C=O) groups is 3. The van der Waals surface area contributed by atoms with Gasteiger partial charge in [-0.1, -0.05) is 16.9 Å². The maximum absolute atomic E-state index is 13.1. The quantitative estimate of drug-likeness (QED) is 0.0443. The molecule has 2 amide bonds. The molecule has 2 aromatic heterocycles. The molecule has 0 aliphatic carbocycles. The Bertz CT molecular complexity index is 1630. The molecule has 1 fully saturated rings. The van der Waals surface area contributed by atoms with Crippen molar-refractivity contribution in [2.75, 3.05) is 17.2 Å². The zero-order valence-electron chi connectivity index (χ0n) is 22.8. The number of carboxylic acids is 1. The van der Waals surface area contributed by atoms with Gasteiger partial charge in [-0.3, -0.25) is 14.5 Å². The molecule has 2 atom stereocenters. The number of nitrogens with zero attached hydrogens (tertiary/aromatic N) is 5. The number of rotatable bonds is 10. The van der Waals surface area contributed by atoms with E-state index in [1.807, 2.05) is 0 Å². The number of carbonyl (C=O) groups excluding carboxylic acids is 3. The van der Waals surface area contributed by atoms with E-state index in [2.05, 4.69) is 25.7 Å². The first-order valence-electron chi connectivity index (χ1n) is 12.2. The van der Waals surface area contributed by atoms with E-state index in [9.17, 15) is 29.7 Å². The van der Waals surface area contributed by atoms with Crippen molar-refractivity contribution in [3.05, 3.63) is 40.5 Å². The van der Waals surface area contributed by atoms with Crippen LogP contribution in [0.25, 0.3) is 11.5 Å². The molecule has 2 aliphatic rings. The maximum Gasteiger partial charge on any atom is 1.00 e. The second-order valence-corrected chi connectivity index (χ2v) is 12.1. The molecule has 15 nitrogen and oxygen atoms in total. The van der Waals surface area contributed by atoms with Crippen molar-refractivity contribution in [2.45, 2.75) is 36.6 Å². The van der Waals surface area contributed by atoms with E-state index in [0.717, 1.165) is 28.0 Å². The number of hydrogen-bond donors (Lipinski definition) is 4. The summed E-state index contributed by atoms with van der Waals surface area (Å²) in [7, 11) is 0. The number of thioether (sulfide) groups is 2. The van der Waals surface area contributed by atoms with Crippen LogP contribution in [0.2, 0.25) is 0 Å². The van der Waals surface area contributed by atoms with Crippen molar-refractivity contribution in [2.24, 2.45) is 5.16 Å². The minimum atomic E-state index is -1.54. The molecule has 3 aromatic rings. The molecule has 1 saturated heterocycles. The van der Waals surface area contributed by atoms with Crippen LogP contribution >= 0.6 is 34.9 Å². The molecule has 0 spiro atoms. The third-order valence-corrected chi connectivity index (χ3v) is 8.78. The third kappa shape index (κ3) is 6.94. The standard InChI is InChI=1S/C24H23N7O8S3.Na/c1-9(2)39-30-15(12-8-41-23(25)26-12)18(34)27-16-20(35)31-17(22(36)37)11(6-40-21(16)31)7-42-24-29-28-19(38-24)10-3-4-13(32)14(33)5-10;/h3-5,8-9,16,21,32-33H,6-7H2,1-2H3,(H2,25,26)(H,27,34)(H,36,37);/q;+1/p-1/t16-,21+;/m1./s1. The van der Waals surface area contributed by atoms with Crippen molar-refractivity contribution < 1.29 is 68.5 Å². The fourth-order valence-electron chi connectivity index (χ4n) is 3.94. The summed E-state index contributed by atoms with van der Waals surface area (Å²) < 4.78 is 5.58. The number of aliphatic carboxylic acids is 1. The first kappa shape index (κ1) is 32.6. The summed E-state index contributed by atoms with van der Waals surface area (Å²) in [5.74, 6) is -3.14. The van der Waals surface area contributed by atoms with Gasteiger partial charge in [0.2, 0.25) is 5.89 Å². The molecule has 0 radical (unpaired) electrons. The van der Waals surface area contributed by atoms with Gasteiger partial charge in [-0.2, -0.15) is 0 Å². The first-order valence-corrected chi connectivity index (χ1v) is 15.1. The second-order valence-electron chi connectivity index (χ2n) is 9.13. The number of carboxylic acid groups (broad SMARTS) is 1. The topological polar surface area (TPSA) is 229 Å². The molecular weight excluding hydrogens is 633 g/mol. The van der Waals surface area contributed by atoms with E-state index in [4.69, 9.17) is 15.0 Å². The summed E-state index contributed by atoms with van der Waals surface area (Å²) in [5.41, 5.74) is 6.19. The Kier molecular flexibility index (Phi) is 10.3. The van der Waals surface area contributed by atoms with E-state index in [-0.39, 0.29) is 92.0 Å². The number of benzene rings is 1. The van der Waals surface area contributed by atoms with Crippen LogP contribution in [-0.2, 0) is 19.2 Å². The van der Waals surface area contributed by atoms with Crippen molar-refractivity contribution in [3.8, 4) is 23.0 Å². The Morgan fingerprint density at radius 2 is 2.09 bits per heavy atom. The van der Waals surface area contributed by atoms with Gasteiger partial charge in [-0.25, -0.2) is 4.98 Å². The minimum absolute atomic E-state index is 0. The summed E-state index contributed by atoms with van der Waals surface area (Å²) >= 11 is 3.43. The molecule has 1 aromatic carbocycles. The summed E-state index contributed by atoms with van der Waals surface area (Å²) in [6.07, 6.45) is -0.328. The molecule has 0 bridgehead atoms. The van der Waals surface area contributed by atoms with Gasteiger partial charge in [0.25, 0.3) is 17.0 Å². The van der Waals surface area contributed by atoms with Crippen molar-refractivity contribution in [1.29, 1.82) is 0 Å². The van der Waals surface area contributed by atoms with E-state index < -0.39 is 29.2 Å². The van der Waals surface area contributed by atoms with Crippen LogP contribution in [0.15, 0.2) is 49.6 Å². The molecule has 5 N–H and O–H groups in total. The fraction of sp³-hybridized carbons (Fsp3) is 0.292. The Labute approximate surface area is 278 Å². The van der Waals surface area contributed by atoms with Crippen LogP contribution in [0.3, 0.4) is 0 Å². The number of hydrogen-bond acceptors (Lipinski definition) is 16. The van der Waals surface area contributed by atoms with Gasteiger partial charge in [0.05, 0.1) is 11.7 Å². The van der Waals surface area contributed by atoms with Crippen LogP contribution in [0, 0.1) is 0 Å². The molecular formula is C24H22N7NaO8S3. The van der Waals surface area contributed by atoms with Crippen LogP contribution in [0.5, 0.6) is 11.5 Å². The number of nitrogens with two attached hydrogens (primary N) is 1. The molecule has 19 heteroatoms. The van der Waals surface area contributed by atoms with Crippen molar-refractivity contribution in [1.82, 2.24) is 25.4 Å². The van der Waals surface area contributed by atoms with Gasteiger partial charge in [0.15, 0.2) is 22.3 Å². The van der Waals surface area contributed by atoms with E-state index in [1.54, 1.807) is 13.8 Å². The van der Waals surface area contributed by atoms with Crippen molar-refractivity contribution >= 4 is 63.5 Å². The summed E-state index contributed by atoms with van der Waals surface area (Å²) in [6.45, 7) is 3.45. The molecule has 0 unspecified atom stereocenters. The number of β-lactam (4-membered cyclic amide) rings is 1. The van der Waals surface area contributed by atoms with Gasteiger partial charge < -0.3 is 40.4 Å². The van der Waals surface area contributed by atoms with E-state index in [0.29, 0.717) is 11.1 Å². The molecule has 2 aliphatic heterocycles. The van der Waals surface area contributed by atoms with Gasteiger partial charge >= 0.3 is 29.6 Å². The average molecular weight is 656 g/mol. The van der Waals surface area contributed by atoms with Crippen LogP contribution in [-0.4, -0.2) is 82.8 Å². The summed E-state index contributed by atoms with van der Waals surface area (Å²) in [4.78, 5) is 48.7. The number of aromatic nitrogens is 3. The molecule has 5 rings (SSSR count). The fourth-order valence-corrected chi connectivity index (χ4v) is 6.74. The summed E-state index contributed by atoms with van der Waals surface area (Å²) in [5, 5.41) is 46.8. The number of fused-ring (bicyclic) bond motifs is 1. The molecule has 220 valence electrons. The zero-order valence-corrected chi connectivity index (χ0v) is 27.3. The van der Waals surface area contributed by atoms with Gasteiger partial charge in [-0.05, 0) is 37.6 Å². The Morgan fingerprint density at radius 3 is 2.74 bits per heavy atom. The zero-order chi connectivity index (χ0) is 30.1. The molecule has 43 heavy (non-hydrogen) atoms. The smallest absolute Gasteiger partial charge is 0.543 e. The normalized spacial score (nSPS) is 18.2. The SMILES string of the molecule is CC(C)ON=C(C(=O)N[C@@H]1C(=O)N2C(C(=O)[O-])=C(CSc3nnc(-c4ccc(O)c(O)c4)o3)CS[C@@H]12)c1csc(N)n1.[Na+].